The van der Waals surface area contributed by atoms with Gasteiger partial charge in [0.25, 0.3) is 5.91 Å². The second-order valence-electron chi connectivity index (χ2n) is 6.41. The Morgan fingerprint density at radius 3 is 2.77 bits per heavy atom. The molecule has 0 N–H and O–H groups in total. The minimum Gasteiger partial charge on any atom is -0.420 e. The average Bonchev–Trinajstić information content (AvgIpc) is 3.18. The van der Waals surface area contributed by atoms with Crippen LogP contribution in [0, 0.1) is 5.82 Å². The molecule has 4 rings (SSSR count). The Labute approximate surface area is 150 Å². The molecule has 132 valence electrons. The van der Waals surface area contributed by atoms with Gasteiger partial charge in [-0.05, 0) is 43.2 Å². The molecule has 0 aliphatic carbocycles. The minimum atomic E-state index is -0.409. The molecule has 1 atom stereocenters. The Balaban J connectivity index is 1.50. The number of hydrogen-bond donors (Lipinski definition) is 0. The molecule has 1 aromatic heterocycles. The van der Waals surface area contributed by atoms with Crippen molar-refractivity contribution < 1.29 is 13.6 Å². The lowest BCUT2D eigenvalue weighted by atomic mass is 9.97. The summed E-state index contributed by atoms with van der Waals surface area (Å²) in [5.74, 6) is 0.437. The number of hydrogen-bond acceptors (Lipinski definition) is 4. The molecule has 0 unspecified atom stereocenters. The zero-order valence-corrected chi connectivity index (χ0v) is 14.1. The predicted octanol–water partition coefficient (Wildman–Crippen LogP) is 3.90. The number of carbonyl (C=O) groups excluding carboxylic acids is 1. The molecular formula is C20H18FN3O2. The van der Waals surface area contributed by atoms with E-state index >= 15 is 0 Å². The lowest BCUT2D eigenvalue weighted by Gasteiger charge is -2.31. The smallest absolute Gasteiger partial charge is 0.253 e. The second kappa shape index (κ2) is 7.07. The fourth-order valence-electron chi connectivity index (χ4n) is 3.26. The van der Waals surface area contributed by atoms with Crippen molar-refractivity contribution >= 4 is 5.91 Å². The topological polar surface area (TPSA) is 59.2 Å². The van der Waals surface area contributed by atoms with Crippen molar-refractivity contribution in [3.63, 3.8) is 0 Å². The van der Waals surface area contributed by atoms with E-state index < -0.39 is 5.82 Å². The number of piperidine rings is 1. The first-order valence-electron chi connectivity index (χ1n) is 8.64. The summed E-state index contributed by atoms with van der Waals surface area (Å²) in [6, 6.07) is 15.4. The molecule has 3 aromatic rings. The Bertz CT molecular complexity index is 910. The van der Waals surface area contributed by atoms with E-state index in [1.54, 1.807) is 17.0 Å². The van der Waals surface area contributed by atoms with Gasteiger partial charge in [0.1, 0.15) is 5.82 Å². The number of amides is 1. The van der Waals surface area contributed by atoms with Gasteiger partial charge in [0.15, 0.2) is 0 Å². The van der Waals surface area contributed by atoms with Crippen molar-refractivity contribution in [1.82, 2.24) is 15.1 Å². The van der Waals surface area contributed by atoms with Gasteiger partial charge in [0, 0.05) is 24.2 Å². The fourth-order valence-corrected chi connectivity index (χ4v) is 3.26. The highest BCUT2D eigenvalue weighted by Crippen LogP contribution is 2.29. The highest BCUT2D eigenvalue weighted by atomic mass is 19.1. The zero-order valence-electron chi connectivity index (χ0n) is 14.1. The molecule has 5 nitrogen and oxygen atoms in total. The summed E-state index contributed by atoms with van der Waals surface area (Å²) in [6.45, 7) is 1.14. The van der Waals surface area contributed by atoms with E-state index in [4.69, 9.17) is 4.42 Å². The monoisotopic (exact) mass is 351 g/mol. The van der Waals surface area contributed by atoms with Crippen molar-refractivity contribution in [3.05, 3.63) is 71.9 Å². The van der Waals surface area contributed by atoms with Gasteiger partial charge >= 0.3 is 0 Å². The quantitative estimate of drug-likeness (QED) is 0.718. The SMILES string of the molecule is O=C(c1cccc(F)c1)N1CCC[C@@H](c2nnc(-c3ccccc3)o2)C1. The van der Waals surface area contributed by atoms with Crippen LogP contribution in [0.25, 0.3) is 11.5 Å². The van der Waals surface area contributed by atoms with Gasteiger partial charge < -0.3 is 9.32 Å². The van der Waals surface area contributed by atoms with Gasteiger partial charge in [0.2, 0.25) is 11.8 Å². The normalized spacial score (nSPS) is 17.3. The van der Waals surface area contributed by atoms with Gasteiger partial charge in [0.05, 0.1) is 5.92 Å². The van der Waals surface area contributed by atoms with Crippen LogP contribution >= 0.6 is 0 Å². The lowest BCUT2D eigenvalue weighted by molar-refractivity contribution is 0.0698. The Morgan fingerprint density at radius 1 is 1.12 bits per heavy atom. The van der Waals surface area contributed by atoms with Crippen molar-refractivity contribution in [2.75, 3.05) is 13.1 Å². The third-order valence-corrected chi connectivity index (χ3v) is 4.59. The summed E-state index contributed by atoms with van der Waals surface area (Å²) < 4.78 is 19.2. The first-order valence-corrected chi connectivity index (χ1v) is 8.64. The third kappa shape index (κ3) is 3.35. The third-order valence-electron chi connectivity index (χ3n) is 4.59. The zero-order chi connectivity index (χ0) is 17.9. The van der Waals surface area contributed by atoms with Crippen LogP contribution in [0.5, 0.6) is 0 Å². The number of nitrogens with zero attached hydrogens (tertiary/aromatic N) is 3. The van der Waals surface area contributed by atoms with Crippen LogP contribution in [0.3, 0.4) is 0 Å². The van der Waals surface area contributed by atoms with Crippen LogP contribution in [0.1, 0.15) is 35.0 Å². The molecule has 26 heavy (non-hydrogen) atoms. The van der Waals surface area contributed by atoms with Crippen LogP contribution in [0.4, 0.5) is 4.39 Å². The van der Waals surface area contributed by atoms with E-state index in [0.717, 1.165) is 18.4 Å². The molecule has 2 aromatic carbocycles. The first-order chi connectivity index (χ1) is 12.7. The number of benzene rings is 2. The van der Waals surface area contributed by atoms with Crippen LogP contribution < -0.4 is 0 Å². The maximum absolute atomic E-state index is 13.4. The number of likely N-dealkylation sites (tertiary alicyclic amines) is 1. The second-order valence-corrected chi connectivity index (χ2v) is 6.41. The van der Waals surface area contributed by atoms with Crippen LogP contribution in [-0.4, -0.2) is 34.1 Å². The van der Waals surface area contributed by atoms with Gasteiger partial charge in [-0.15, -0.1) is 10.2 Å². The van der Waals surface area contributed by atoms with E-state index in [2.05, 4.69) is 10.2 Å². The number of rotatable bonds is 3. The molecule has 1 fully saturated rings. The molecular weight excluding hydrogens is 333 g/mol. The Kier molecular flexibility index (Phi) is 4.48. The number of aromatic nitrogens is 2. The lowest BCUT2D eigenvalue weighted by Crippen LogP contribution is -2.39. The molecule has 6 heteroatoms. The molecule has 1 amide bonds. The Morgan fingerprint density at radius 2 is 1.96 bits per heavy atom. The average molecular weight is 351 g/mol. The van der Waals surface area contributed by atoms with Crippen molar-refractivity contribution in [2.24, 2.45) is 0 Å². The molecule has 0 radical (unpaired) electrons. The van der Waals surface area contributed by atoms with Crippen molar-refractivity contribution in [2.45, 2.75) is 18.8 Å². The maximum atomic E-state index is 13.4. The van der Waals surface area contributed by atoms with E-state index in [1.807, 2.05) is 30.3 Å². The van der Waals surface area contributed by atoms with E-state index in [1.165, 1.54) is 12.1 Å². The summed E-state index contributed by atoms with van der Waals surface area (Å²) in [4.78, 5) is 14.4. The summed E-state index contributed by atoms with van der Waals surface area (Å²) >= 11 is 0. The molecule has 1 aliphatic rings. The predicted molar refractivity (Wildman–Crippen MR) is 94.0 cm³/mol. The first kappa shape index (κ1) is 16.4. The number of halogens is 1. The fraction of sp³-hybridized carbons (Fsp3) is 0.250. The van der Waals surface area contributed by atoms with Crippen LogP contribution in [0.15, 0.2) is 59.0 Å². The summed E-state index contributed by atoms with van der Waals surface area (Å²) in [7, 11) is 0. The Hall–Kier alpha value is -3.02. The molecule has 1 aliphatic heterocycles. The molecule has 0 saturated carbocycles. The van der Waals surface area contributed by atoms with Crippen LogP contribution in [0.2, 0.25) is 0 Å². The maximum Gasteiger partial charge on any atom is 0.253 e. The molecule has 1 saturated heterocycles. The molecule has 0 spiro atoms. The standard InChI is InChI=1S/C20H18FN3O2/c21-17-10-4-8-15(12-17)20(25)24-11-5-9-16(13-24)19-23-22-18(26-19)14-6-2-1-3-7-14/h1-4,6-8,10,12,16H,5,9,11,13H2/t16-/m1/s1. The molecule has 2 heterocycles. The largest absolute Gasteiger partial charge is 0.420 e. The van der Waals surface area contributed by atoms with Gasteiger partial charge in [-0.1, -0.05) is 24.3 Å². The number of carbonyl (C=O) groups is 1. The van der Waals surface area contributed by atoms with Crippen LogP contribution in [-0.2, 0) is 0 Å². The van der Waals surface area contributed by atoms with Gasteiger partial charge in [-0.2, -0.15) is 0 Å². The minimum absolute atomic E-state index is 0.00813. The van der Waals surface area contributed by atoms with Crippen molar-refractivity contribution in [3.8, 4) is 11.5 Å². The summed E-state index contributed by atoms with van der Waals surface area (Å²) in [5, 5.41) is 8.31. The molecule has 0 bridgehead atoms. The highest BCUT2D eigenvalue weighted by molar-refractivity contribution is 5.94. The highest BCUT2D eigenvalue weighted by Gasteiger charge is 2.29. The van der Waals surface area contributed by atoms with E-state index in [-0.39, 0.29) is 11.8 Å². The van der Waals surface area contributed by atoms with Gasteiger partial charge in [-0.3, -0.25) is 4.79 Å². The summed E-state index contributed by atoms with van der Waals surface area (Å²) in [5.41, 5.74) is 1.23. The van der Waals surface area contributed by atoms with Crippen molar-refractivity contribution in [1.29, 1.82) is 0 Å². The van der Waals surface area contributed by atoms with Gasteiger partial charge in [-0.25, -0.2) is 4.39 Å². The summed E-state index contributed by atoms with van der Waals surface area (Å²) in [6.07, 6.45) is 1.72. The van der Waals surface area contributed by atoms with E-state index in [0.29, 0.717) is 30.4 Å². The van der Waals surface area contributed by atoms with E-state index in [9.17, 15) is 9.18 Å².